The van der Waals surface area contributed by atoms with Gasteiger partial charge in [-0.2, -0.15) is 0 Å². The topological polar surface area (TPSA) is 75.6 Å². The second-order valence-electron chi connectivity index (χ2n) is 6.03. The number of hydrogen-bond donors (Lipinski definition) is 2. The number of nitrogens with one attached hydrogen (secondary N) is 1. The first-order valence-corrected chi connectivity index (χ1v) is 8.08. The summed E-state index contributed by atoms with van der Waals surface area (Å²) in [5.74, 6) is -0.877. The highest BCUT2D eigenvalue weighted by Gasteiger charge is 2.32. The van der Waals surface area contributed by atoms with Crippen molar-refractivity contribution in [2.24, 2.45) is 0 Å². The summed E-state index contributed by atoms with van der Waals surface area (Å²) >= 11 is 6.22. The van der Waals surface area contributed by atoms with Crippen LogP contribution >= 0.6 is 11.6 Å². The van der Waals surface area contributed by atoms with Crippen molar-refractivity contribution in [1.29, 1.82) is 0 Å². The van der Waals surface area contributed by atoms with Gasteiger partial charge in [-0.3, -0.25) is 9.59 Å². The van der Waals surface area contributed by atoms with Crippen LogP contribution in [0.5, 0.6) is 5.75 Å². The maximum atomic E-state index is 12.7. The predicted molar refractivity (Wildman–Crippen MR) is 96.3 cm³/mol. The minimum atomic E-state index is -1.12. The second-order valence-corrected chi connectivity index (χ2v) is 6.40. The summed E-state index contributed by atoms with van der Waals surface area (Å²) in [4.78, 5) is 24.1. The molecule has 2 rings (SSSR count). The number of rotatable bonds is 6. The van der Waals surface area contributed by atoms with Gasteiger partial charge in [-0.25, -0.2) is 0 Å². The average Bonchev–Trinajstić information content (AvgIpc) is 2.56. The molecule has 0 fully saturated rings. The molecule has 0 aliphatic carbocycles. The molecule has 2 aromatic rings. The minimum Gasteiger partial charge on any atom is -0.497 e. The fraction of sp³-hybridized carbons (Fsp3) is 0.263. The van der Waals surface area contributed by atoms with Crippen LogP contribution in [0, 0.1) is 6.92 Å². The smallest absolute Gasteiger partial charge is 0.306 e. The van der Waals surface area contributed by atoms with E-state index >= 15 is 0 Å². The van der Waals surface area contributed by atoms with Gasteiger partial charge in [0.25, 0.3) is 5.91 Å². The van der Waals surface area contributed by atoms with E-state index < -0.39 is 17.4 Å². The van der Waals surface area contributed by atoms with E-state index in [0.29, 0.717) is 21.9 Å². The van der Waals surface area contributed by atoms with E-state index in [2.05, 4.69) is 5.32 Å². The van der Waals surface area contributed by atoms with Crippen LogP contribution in [-0.4, -0.2) is 24.1 Å². The summed E-state index contributed by atoms with van der Waals surface area (Å²) < 4.78 is 5.20. The molecule has 0 aliphatic heterocycles. The van der Waals surface area contributed by atoms with Crippen LogP contribution in [-0.2, 0) is 10.3 Å². The van der Waals surface area contributed by atoms with Crippen molar-refractivity contribution < 1.29 is 19.4 Å². The normalized spacial score (nSPS) is 13.0. The van der Waals surface area contributed by atoms with E-state index in [-0.39, 0.29) is 6.42 Å². The molecule has 0 saturated heterocycles. The fourth-order valence-corrected chi connectivity index (χ4v) is 2.84. The quantitative estimate of drug-likeness (QED) is 0.821. The molecule has 1 amide bonds. The van der Waals surface area contributed by atoms with Gasteiger partial charge in [0.15, 0.2) is 0 Å². The van der Waals surface area contributed by atoms with Crippen LogP contribution in [0.3, 0.4) is 0 Å². The number of carboxylic acid groups (broad SMARTS) is 1. The minimum absolute atomic E-state index is 0.282. The molecule has 0 aliphatic rings. The summed E-state index contributed by atoms with van der Waals surface area (Å²) in [6.07, 6.45) is -0.282. The number of carbonyl (C=O) groups excluding carboxylic acids is 1. The van der Waals surface area contributed by atoms with Gasteiger partial charge in [-0.15, -0.1) is 0 Å². The Morgan fingerprint density at radius 3 is 2.56 bits per heavy atom. The van der Waals surface area contributed by atoms with Gasteiger partial charge in [-0.1, -0.05) is 35.9 Å². The van der Waals surface area contributed by atoms with Crippen LogP contribution in [0.25, 0.3) is 0 Å². The molecule has 0 spiro atoms. The monoisotopic (exact) mass is 361 g/mol. The molecule has 0 radical (unpaired) electrons. The Kier molecular flexibility index (Phi) is 5.69. The summed E-state index contributed by atoms with van der Waals surface area (Å²) in [5, 5.41) is 12.5. The van der Waals surface area contributed by atoms with Gasteiger partial charge < -0.3 is 15.2 Å². The molecule has 132 valence electrons. The molecule has 1 atom stereocenters. The van der Waals surface area contributed by atoms with Crippen LogP contribution in [0.4, 0.5) is 0 Å². The lowest BCUT2D eigenvalue weighted by Gasteiger charge is -2.30. The van der Waals surface area contributed by atoms with E-state index in [9.17, 15) is 14.7 Å². The van der Waals surface area contributed by atoms with Crippen molar-refractivity contribution in [3.63, 3.8) is 0 Å². The van der Waals surface area contributed by atoms with Gasteiger partial charge in [-0.05, 0) is 43.2 Å². The Morgan fingerprint density at radius 2 is 1.92 bits per heavy atom. The number of methoxy groups -OCH3 is 1. The largest absolute Gasteiger partial charge is 0.497 e. The highest BCUT2D eigenvalue weighted by atomic mass is 35.5. The zero-order valence-electron chi connectivity index (χ0n) is 14.3. The first-order chi connectivity index (χ1) is 11.8. The van der Waals surface area contributed by atoms with E-state index in [0.717, 1.165) is 5.56 Å². The molecule has 6 heteroatoms. The number of aliphatic carboxylic acids is 1. The molecular formula is C19H20ClNO4. The van der Waals surface area contributed by atoms with E-state index in [4.69, 9.17) is 16.3 Å². The van der Waals surface area contributed by atoms with E-state index in [1.165, 1.54) is 7.11 Å². The third-order valence-electron chi connectivity index (χ3n) is 4.04. The molecule has 1 unspecified atom stereocenters. The number of ether oxygens (including phenoxy) is 1. The molecule has 0 saturated carbocycles. The average molecular weight is 362 g/mol. The molecule has 2 N–H and O–H groups in total. The van der Waals surface area contributed by atoms with Crippen LogP contribution in [0.15, 0.2) is 42.5 Å². The van der Waals surface area contributed by atoms with Gasteiger partial charge in [0, 0.05) is 0 Å². The molecule has 25 heavy (non-hydrogen) atoms. The van der Waals surface area contributed by atoms with Crippen LogP contribution in [0.2, 0.25) is 5.02 Å². The lowest BCUT2D eigenvalue weighted by molar-refractivity contribution is -0.138. The molecule has 5 nitrogen and oxygen atoms in total. The predicted octanol–water partition coefficient (Wildman–Crippen LogP) is 3.78. The number of carbonyl (C=O) groups is 2. The maximum absolute atomic E-state index is 12.7. The van der Waals surface area contributed by atoms with Gasteiger partial charge in [0.1, 0.15) is 5.75 Å². The molecular weight excluding hydrogens is 342 g/mol. The van der Waals surface area contributed by atoms with Crippen molar-refractivity contribution in [1.82, 2.24) is 5.32 Å². The van der Waals surface area contributed by atoms with Crippen LogP contribution in [0.1, 0.15) is 34.8 Å². The molecule has 2 aromatic carbocycles. The maximum Gasteiger partial charge on any atom is 0.306 e. The van der Waals surface area contributed by atoms with Gasteiger partial charge in [0.2, 0.25) is 0 Å². The van der Waals surface area contributed by atoms with E-state index in [1.807, 2.05) is 0 Å². The van der Waals surface area contributed by atoms with E-state index in [1.54, 1.807) is 56.3 Å². The summed E-state index contributed by atoms with van der Waals surface area (Å²) in [6.45, 7) is 3.47. The Bertz CT molecular complexity index is 806. The summed E-state index contributed by atoms with van der Waals surface area (Å²) in [7, 11) is 1.53. The van der Waals surface area contributed by atoms with Crippen molar-refractivity contribution in [3.05, 3.63) is 64.2 Å². The van der Waals surface area contributed by atoms with Crippen molar-refractivity contribution in [3.8, 4) is 5.75 Å². The number of halogens is 1. The zero-order chi connectivity index (χ0) is 18.6. The number of aryl methyl sites for hydroxylation is 1. The second kappa shape index (κ2) is 7.57. The fourth-order valence-electron chi connectivity index (χ4n) is 2.63. The zero-order valence-corrected chi connectivity index (χ0v) is 15.1. The lowest BCUT2D eigenvalue weighted by Crippen LogP contribution is -2.45. The highest BCUT2D eigenvalue weighted by molar-refractivity contribution is 6.34. The molecule has 0 bridgehead atoms. The third kappa shape index (κ3) is 4.31. The Labute approximate surface area is 151 Å². The van der Waals surface area contributed by atoms with Crippen molar-refractivity contribution in [2.75, 3.05) is 7.11 Å². The first kappa shape index (κ1) is 18.8. The van der Waals surface area contributed by atoms with Crippen LogP contribution < -0.4 is 10.1 Å². The highest BCUT2D eigenvalue weighted by Crippen LogP contribution is 2.29. The standard InChI is InChI=1S/C19H20ClNO4/c1-12-6-4-9-15(17(12)20)18(24)21-19(2,11-16(22)23)13-7-5-8-14(10-13)25-3/h4-10H,11H2,1-3H3,(H,21,24)(H,22,23). The summed E-state index contributed by atoms with van der Waals surface area (Å²) in [5.41, 5.74) is 0.591. The van der Waals surface area contributed by atoms with Crippen molar-refractivity contribution >= 4 is 23.5 Å². The number of benzene rings is 2. The van der Waals surface area contributed by atoms with Gasteiger partial charge in [0.05, 0.1) is 29.7 Å². The number of amides is 1. The summed E-state index contributed by atoms with van der Waals surface area (Å²) in [6, 6.07) is 12.1. The first-order valence-electron chi connectivity index (χ1n) is 7.71. The molecule has 0 aromatic heterocycles. The SMILES string of the molecule is COc1cccc(C(C)(CC(=O)O)NC(=O)c2cccc(C)c2Cl)c1. The third-order valence-corrected chi connectivity index (χ3v) is 4.54. The Balaban J connectivity index is 2.41. The Morgan fingerprint density at radius 1 is 1.24 bits per heavy atom. The number of hydrogen-bond acceptors (Lipinski definition) is 3. The Hall–Kier alpha value is -2.53. The van der Waals surface area contributed by atoms with Gasteiger partial charge >= 0.3 is 5.97 Å². The number of carboxylic acids is 1. The lowest BCUT2D eigenvalue weighted by atomic mass is 9.88. The molecule has 0 heterocycles. The van der Waals surface area contributed by atoms with Crippen molar-refractivity contribution in [2.45, 2.75) is 25.8 Å².